The van der Waals surface area contributed by atoms with Crippen LogP contribution in [0.25, 0.3) is 27.3 Å². The predicted molar refractivity (Wildman–Crippen MR) is 161 cm³/mol. The van der Waals surface area contributed by atoms with Crippen LogP contribution in [0, 0.1) is 12.7 Å². The Balaban J connectivity index is 1.29. The number of aromatic nitrogens is 3. The van der Waals surface area contributed by atoms with Gasteiger partial charge in [0.15, 0.2) is 0 Å². The summed E-state index contributed by atoms with van der Waals surface area (Å²) in [6.45, 7) is 6.43. The molecular formula is C31H34FN7O2S. The molecule has 9 nitrogen and oxygen atoms in total. The maximum absolute atomic E-state index is 15.3. The zero-order valence-electron chi connectivity index (χ0n) is 23.7. The minimum absolute atomic E-state index is 0.308. The lowest BCUT2D eigenvalue weighted by Gasteiger charge is -2.33. The van der Waals surface area contributed by atoms with Gasteiger partial charge in [0, 0.05) is 31.0 Å². The van der Waals surface area contributed by atoms with Crippen molar-refractivity contribution >= 4 is 23.2 Å². The number of piperidine rings is 1. The summed E-state index contributed by atoms with van der Waals surface area (Å²) in [7, 11) is 0. The zero-order valence-corrected chi connectivity index (χ0v) is 24.5. The van der Waals surface area contributed by atoms with Gasteiger partial charge in [-0.15, -0.1) is 21.6 Å². The largest absolute Gasteiger partial charge is 0.492 e. The van der Waals surface area contributed by atoms with Crippen molar-refractivity contribution < 1.29 is 13.9 Å². The van der Waals surface area contributed by atoms with E-state index < -0.39 is 5.66 Å². The van der Waals surface area contributed by atoms with Gasteiger partial charge in [-0.25, -0.2) is 18.9 Å². The van der Waals surface area contributed by atoms with Crippen molar-refractivity contribution in [2.75, 3.05) is 32.8 Å². The number of aryl methyl sites for hydroxylation is 1. The van der Waals surface area contributed by atoms with E-state index in [9.17, 15) is 0 Å². The van der Waals surface area contributed by atoms with Gasteiger partial charge in [-0.05, 0) is 70.3 Å². The first kappa shape index (κ1) is 27.3. The Hall–Kier alpha value is -3.54. The molecule has 4 aromatic rings. The van der Waals surface area contributed by atoms with Gasteiger partial charge < -0.3 is 9.47 Å². The average Bonchev–Trinajstić information content (AvgIpc) is 3.76. The summed E-state index contributed by atoms with van der Waals surface area (Å²) in [5.74, 6) is 0.434. The number of likely N-dealkylation sites (tertiary alicyclic amines) is 1. The minimum Gasteiger partial charge on any atom is -0.492 e. The number of benzene rings is 1. The molecular weight excluding hydrogens is 553 g/mol. The lowest BCUT2D eigenvalue weighted by molar-refractivity contribution is -0.0305. The molecule has 3 aliphatic heterocycles. The van der Waals surface area contributed by atoms with Crippen LogP contribution in [0.4, 0.5) is 4.39 Å². The summed E-state index contributed by atoms with van der Waals surface area (Å²) < 4.78 is 29.6. The molecule has 0 aliphatic carbocycles. The smallest absolute Gasteiger partial charge is 0.234 e. The van der Waals surface area contributed by atoms with E-state index >= 15 is 4.39 Å². The molecule has 7 rings (SSSR count). The van der Waals surface area contributed by atoms with Gasteiger partial charge >= 0.3 is 0 Å². The Morgan fingerprint density at radius 1 is 1.12 bits per heavy atom. The molecule has 0 radical (unpaired) electrons. The second-order valence-electron chi connectivity index (χ2n) is 11.1. The third-order valence-corrected chi connectivity index (χ3v) is 9.54. The quantitative estimate of drug-likeness (QED) is 0.230. The molecule has 218 valence electrons. The number of ether oxygens (including phenoxy) is 2. The molecule has 0 bridgehead atoms. The van der Waals surface area contributed by atoms with Crippen molar-refractivity contribution in [1.29, 1.82) is 0 Å². The Labute approximate surface area is 248 Å². The maximum atomic E-state index is 15.3. The molecule has 2 atom stereocenters. The number of hydrogen-bond acceptors (Lipinski definition) is 9. The monoisotopic (exact) mass is 587 g/mol. The minimum atomic E-state index is -1.10. The van der Waals surface area contributed by atoms with E-state index in [0.717, 1.165) is 66.3 Å². The van der Waals surface area contributed by atoms with Crippen LogP contribution >= 0.6 is 11.3 Å². The Bertz CT molecular complexity index is 1620. The van der Waals surface area contributed by atoms with Crippen LogP contribution in [0.1, 0.15) is 49.1 Å². The van der Waals surface area contributed by atoms with Crippen LogP contribution in [0.5, 0.6) is 5.75 Å². The number of halogens is 1. The first-order chi connectivity index (χ1) is 20.6. The molecule has 0 spiro atoms. The highest BCUT2D eigenvalue weighted by atomic mass is 32.1. The molecule has 42 heavy (non-hydrogen) atoms. The third-order valence-electron chi connectivity index (χ3n) is 8.36. The number of thiazole rings is 1. The first-order valence-electron chi connectivity index (χ1n) is 14.8. The molecule has 3 aliphatic rings. The van der Waals surface area contributed by atoms with Gasteiger partial charge in [0.05, 0.1) is 27.3 Å². The van der Waals surface area contributed by atoms with Gasteiger partial charge in [0.25, 0.3) is 0 Å². The summed E-state index contributed by atoms with van der Waals surface area (Å²) in [4.78, 5) is 13.0. The summed E-state index contributed by atoms with van der Waals surface area (Å²) in [5, 5.41) is 14.3. The van der Waals surface area contributed by atoms with Crippen molar-refractivity contribution in [2.45, 2.75) is 57.2 Å². The number of aliphatic imine (C=N–C) groups is 1. The van der Waals surface area contributed by atoms with E-state index in [2.05, 4.69) is 15.1 Å². The van der Waals surface area contributed by atoms with Crippen molar-refractivity contribution in [1.82, 2.24) is 19.5 Å². The Morgan fingerprint density at radius 3 is 2.79 bits per heavy atom. The molecule has 0 saturated carbocycles. The SMILES string of the molecule is Cc1nn2ccc(OCCN3CCCCC3)cc2c1-c1nc(-c2ccccc2F)c(C2(C3CCCCO3)N=CN=N2)s1. The Morgan fingerprint density at radius 2 is 2.00 bits per heavy atom. The van der Waals surface area contributed by atoms with Crippen molar-refractivity contribution in [3.8, 4) is 27.6 Å². The fraction of sp³-hybridized carbons (Fsp3) is 0.452. The fourth-order valence-corrected chi connectivity index (χ4v) is 7.51. The highest BCUT2D eigenvalue weighted by Gasteiger charge is 2.48. The maximum Gasteiger partial charge on any atom is 0.234 e. The fourth-order valence-electron chi connectivity index (χ4n) is 6.20. The van der Waals surface area contributed by atoms with E-state index in [-0.39, 0.29) is 11.9 Å². The van der Waals surface area contributed by atoms with Crippen LogP contribution in [-0.4, -0.2) is 64.8 Å². The molecule has 2 saturated heterocycles. The highest BCUT2D eigenvalue weighted by molar-refractivity contribution is 7.15. The van der Waals surface area contributed by atoms with Crippen LogP contribution < -0.4 is 4.74 Å². The van der Waals surface area contributed by atoms with E-state index in [4.69, 9.17) is 24.5 Å². The topological polar surface area (TPSA) is 89.0 Å². The van der Waals surface area contributed by atoms with Crippen molar-refractivity contribution in [2.24, 2.45) is 15.2 Å². The molecule has 11 heteroatoms. The molecule has 6 heterocycles. The summed E-state index contributed by atoms with van der Waals surface area (Å²) >= 11 is 1.46. The molecule has 3 aromatic heterocycles. The van der Waals surface area contributed by atoms with Crippen molar-refractivity contribution in [3.05, 3.63) is 59.0 Å². The van der Waals surface area contributed by atoms with Gasteiger partial charge in [-0.1, -0.05) is 18.6 Å². The molecule has 0 N–H and O–H groups in total. The molecule has 2 unspecified atom stereocenters. The standard InChI is InChI=1S/C31H34FN7O2S/c1-21-27(25-19-22(12-15-39(25)36-21)40-18-16-38-13-6-2-7-14-38)30-35-28(23-9-3-4-10-24(23)32)29(42-30)31(33-20-34-37-31)26-11-5-8-17-41-26/h3-4,9-10,12,15,19-20,26H,2,5-8,11,13-14,16-18H2,1H3. The number of hydrogen-bond donors (Lipinski definition) is 0. The second-order valence-corrected chi connectivity index (χ2v) is 12.1. The van der Waals surface area contributed by atoms with Crippen LogP contribution in [-0.2, 0) is 10.4 Å². The third kappa shape index (κ3) is 5.03. The summed E-state index contributed by atoms with van der Waals surface area (Å²) in [6.07, 6.45) is 9.70. The zero-order chi connectivity index (χ0) is 28.5. The number of nitrogens with zero attached hydrogens (tertiary/aromatic N) is 7. The average molecular weight is 588 g/mol. The first-order valence-corrected chi connectivity index (χ1v) is 15.6. The highest BCUT2D eigenvalue weighted by Crippen LogP contribution is 2.49. The van der Waals surface area contributed by atoms with Gasteiger partial charge in [-0.2, -0.15) is 5.10 Å². The van der Waals surface area contributed by atoms with Crippen LogP contribution in [0.15, 0.2) is 57.8 Å². The number of pyridine rings is 1. The molecule has 1 aromatic carbocycles. The summed E-state index contributed by atoms with van der Waals surface area (Å²) in [5.41, 5.74) is 2.38. The predicted octanol–water partition coefficient (Wildman–Crippen LogP) is 6.65. The van der Waals surface area contributed by atoms with E-state index in [1.165, 1.54) is 43.0 Å². The van der Waals surface area contributed by atoms with Gasteiger partial charge in [0.2, 0.25) is 5.66 Å². The normalized spacial score (nSPS) is 22.8. The van der Waals surface area contributed by atoms with E-state index in [1.807, 2.05) is 35.8 Å². The second kappa shape index (κ2) is 11.6. The van der Waals surface area contributed by atoms with Gasteiger partial charge in [0.1, 0.15) is 35.6 Å². The summed E-state index contributed by atoms with van der Waals surface area (Å²) in [6, 6.07) is 10.7. The van der Waals surface area contributed by atoms with Crippen molar-refractivity contribution in [3.63, 3.8) is 0 Å². The lowest BCUT2D eigenvalue weighted by Crippen LogP contribution is -2.39. The van der Waals surface area contributed by atoms with Gasteiger partial charge in [-0.3, -0.25) is 4.90 Å². The van der Waals surface area contributed by atoms with E-state index in [0.29, 0.717) is 29.5 Å². The number of rotatable bonds is 8. The Kier molecular flexibility index (Phi) is 7.55. The number of fused-ring (bicyclic) bond motifs is 1. The van der Waals surface area contributed by atoms with E-state index in [1.54, 1.807) is 12.1 Å². The van der Waals surface area contributed by atoms with Crippen LogP contribution in [0.2, 0.25) is 0 Å². The number of azo groups is 1. The molecule has 0 amide bonds. The molecule has 2 fully saturated rings. The lowest BCUT2D eigenvalue weighted by atomic mass is 9.93. The van der Waals surface area contributed by atoms with Crippen LogP contribution in [0.3, 0.4) is 0 Å².